The molecule has 4 heteroatoms. The van der Waals surface area contributed by atoms with Crippen molar-refractivity contribution in [2.24, 2.45) is 11.8 Å². The van der Waals surface area contributed by atoms with Crippen molar-refractivity contribution in [2.75, 3.05) is 14.2 Å². The monoisotopic (exact) mass is 253 g/mol. The Bertz CT molecular complexity index is 389. The highest BCUT2D eigenvalue weighted by Gasteiger charge is 2.32. The normalized spacial score (nSPS) is 14.3. The van der Waals surface area contributed by atoms with Gasteiger partial charge in [0.2, 0.25) is 0 Å². The van der Waals surface area contributed by atoms with Crippen LogP contribution in [-0.2, 0) is 9.53 Å². The minimum absolute atomic E-state index is 0.125. The summed E-state index contributed by atoms with van der Waals surface area (Å²) < 4.78 is 17.8. The Morgan fingerprint density at radius 1 is 1.28 bits per heavy atom. The molecule has 0 amide bonds. The third-order valence-electron chi connectivity index (χ3n) is 3.09. The average Bonchev–Trinajstić information content (AvgIpc) is 2.35. The Morgan fingerprint density at radius 2 is 1.83 bits per heavy atom. The van der Waals surface area contributed by atoms with E-state index in [9.17, 15) is 9.18 Å². The van der Waals surface area contributed by atoms with Gasteiger partial charge in [-0.15, -0.1) is 0 Å². The summed E-state index contributed by atoms with van der Waals surface area (Å²) in [6, 6.07) is 5.99. The highest BCUT2D eigenvalue weighted by Crippen LogP contribution is 2.29. The van der Waals surface area contributed by atoms with E-state index in [-0.39, 0.29) is 29.7 Å². The van der Waals surface area contributed by atoms with Gasteiger partial charge < -0.3 is 10.1 Å². The first kappa shape index (κ1) is 14.6. The first-order chi connectivity index (χ1) is 8.51. The van der Waals surface area contributed by atoms with Gasteiger partial charge in [-0.25, -0.2) is 4.39 Å². The number of carbonyl (C=O) groups is 1. The molecule has 0 aliphatic heterocycles. The summed E-state index contributed by atoms with van der Waals surface area (Å²) in [5, 5.41) is 3.11. The van der Waals surface area contributed by atoms with Crippen molar-refractivity contribution >= 4 is 5.97 Å². The minimum Gasteiger partial charge on any atom is -0.469 e. The van der Waals surface area contributed by atoms with Gasteiger partial charge in [0, 0.05) is 6.04 Å². The smallest absolute Gasteiger partial charge is 0.310 e. The fourth-order valence-corrected chi connectivity index (χ4v) is 2.15. The summed E-state index contributed by atoms with van der Waals surface area (Å²) in [6.45, 7) is 3.94. The van der Waals surface area contributed by atoms with E-state index in [1.807, 2.05) is 13.8 Å². The molecule has 2 unspecified atom stereocenters. The van der Waals surface area contributed by atoms with Crippen LogP contribution in [0.3, 0.4) is 0 Å². The Labute approximate surface area is 107 Å². The van der Waals surface area contributed by atoms with Gasteiger partial charge in [-0.2, -0.15) is 0 Å². The van der Waals surface area contributed by atoms with Gasteiger partial charge in [0.05, 0.1) is 13.0 Å². The molecule has 3 nitrogen and oxygen atoms in total. The van der Waals surface area contributed by atoms with E-state index in [4.69, 9.17) is 4.74 Å². The Kier molecular flexibility index (Phi) is 5.28. The van der Waals surface area contributed by atoms with Crippen LogP contribution in [0.1, 0.15) is 25.5 Å². The first-order valence-electron chi connectivity index (χ1n) is 6.01. The number of benzene rings is 1. The van der Waals surface area contributed by atoms with Crippen LogP contribution in [-0.4, -0.2) is 20.1 Å². The molecular formula is C14H20FNO2. The quantitative estimate of drug-likeness (QED) is 0.819. The van der Waals surface area contributed by atoms with E-state index in [1.54, 1.807) is 19.2 Å². The summed E-state index contributed by atoms with van der Waals surface area (Å²) in [7, 11) is 3.17. The number of ether oxygens (including phenoxy) is 1. The van der Waals surface area contributed by atoms with Gasteiger partial charge in [0.1, 0.15) is 5.82 Å². The number of nitrogens with one attached hydrogen (secondary N) is 1. The fourth-order valence-electron chi connectivity index (χ4n) is 2.15. The Morgan fingerprint density at radius 3 is 2.22 bits per heavy atom. The zero-order valence-corrected chi connectivity index (χ0v) is 11.2. The Hall–Kier alpha value is -1.42. The molecule has 2 atom stereocenters. The molecule has 0 radical (unpaired) electrons. The molecule has 0 aromatic heterocycles. The van der Waals surface area contributed by atoms with Crippen LogP contribution in [0.25, 0.3) is 0 Å². The van der Waals surface area contributed by atoms with Gasteiger partial charge in [-0.05, 0) is 30.7 Å². The molecule has 0 fully saturated rings. The lowest BCUT2D eigenvalue weighted by atomic mass is 9.84. The van der Waals surface area contributed by atoms with Crippen LogP contribution in [0.2, 0.25) is 0 Å². The van der Waals surface area contributed by atoms with Crippen molar-refractivity contribution in [3.63, 3.8) is 0 Å². The van der Waals surface area contributed by atoms with E-state index >= 15 is 0 Å². The molecule has 0 saturated carbocycles. The number of hydrogen-bond acceptors (Lipinski definition) is 3. The van der Waals surface area contributed by atoms with Crippen molar-refractivity contribution in [1.29, 1.82) is 0 Å². The van der Waals surface area contributed by atoms with Crippen LogP contribution < -0.4 is 5.32 Å². The zero-order valence-electron chi connectivity index (χ0n) is 11.2. The van der Waals surface area contributed by atoms with Crippen LogP contribution >= 0.6 is 0 Å². The first-order valence-corrected chi connectivity index (χ1v) is 6.01. The van der Waals surface area contributed by atoms with Gasteiger partial charge >= 0.3 is 5.97 Å². The second-order valence-electron chi connectivity index (χ2n) is 4.61. The lowest BCUT2D eigenvalue weighted by Crippen LogP contribution is -2.35. The number of esters is 1. The van der Waals surface area contributed by atoms with Gasteiger partial charge in [-0.1, -0.05) is 26.0 Å². The van der Waals surface area contributed by atoms with Crippen molar-refractivity contribution < 1.29 is 13.9 Å². The fraction of sp³-hybridized carbons (Fsp3) is 0.500. The largest absolute Gasteiger partial charge is 0.469 e. The molecule has 0 heterocycles. The summed E-state index contributed by atoms with van der Waals surface area (Å²) in [5.74, 6) is -0.716. The molecule has 0 aliphatic rings. The van der Waals surface area contributed by atoms with Crippen molar-refractivity contribution in [3.8, 4) is 0 Å². The van der Waals surface area contributed by atoms with E-state index in [2.05, 4.69) is 5.32 Å². The highest BCUT2D eigenvalue weighted by molar-refractivity contribution is 5.73. The van der Waals surface area contributed by atoms with Crippen molar-refractivity contribution in [2.45, 2.75) is 19.9 Å². The van der Waals surface area contributed by atoms with Crippen molar-refractivity contribution in [3.05, 3.63) is 35.6 Å². The molecule has 1 aromatic rings. The van der Waals surface area contributed by atoms with Crippen LogP contribution in [0, 0.1) is 17.7 Å². The van der Waals surface area contributed by atoms with Crippen molar-refractivity contribution in [1.82, 2.24) is 5.32 Å². The summed E-state index contributed by atoms with van der Waals surface area (Å²) in [6.07, 6.45) is 0. The minimum atomic E-state index is -0.300. The van der Waals surface area contributed by atoms with E-state index in [0.29, 0.717) is 0 Å². The molecule has 100 valence electrons. The maximum absolute atomic E-state index is 12.9. The van der Waals surface area contributed by atoms with Crippen LogP contribution in [0.5, 0.6) is 0 Å². The number of methoxy groups -OCH3 is 1. The molecule has 1 rings (SSSR count). The SMILES string of the molecule is CNC(c1ccc(F)cc1)C(C(=O)OC)C(C)C. The lowest BCUT2D eigenvalue weighted by Gasteiger charge is -2.28. The maximum Gasteiger partial charge on any atom is 0.310 e. The summed E-state index contributed by atoms with van der Waals surface area (Å²) in [4.78, 5) is 11.9. The standard InChI is InChI=1S/C14H20FNO2/c1-9(2)12(14(17)18-4)13(16-3)10-5-7-11(15)8-6-10/h5-9,12-13,16H,1-4H3. The number of halogens is 1. The molecule has 1 aromatic carbocycles. The van der Waals surface area contributed by atoms with Crippen LogP contribution in [0.15, 0.2) is 24.3 Å². The topological polar surface area (TPSA) is 38.3 Å². The predicted molar refractivity (Wildman–Crippen MR) is 68.5 cm³/mol. The third kappa shape index (κ3) is 3.29. The van der Waals surface area contributed by atoms with E-state index in [0.717, 1.165) is 5.56 Å². The van der Waals surface area contributed by atoms with E-state index < -0.39 is 0 Å². The molecule has 0 bridgehead atoms. The molecule has 0 aliphatic carbocycles. The number of carbonyl (C=O) groups excluding carboxylic acids is 1. The van der Waals surface area contributed by atoms with Crippen LogP contribution in [0.4, 0.5) is 4.39 Å². The third-order valence-corrected chi connectivity index (χ3v) is 3.09. The maximum atomic E-state index is 12.9. The predicted octanol–water partition coefficient (Wildman–Crippen LogP) is 2.53. The molecular weight excluding hydrogens is 233 g/mol. The zero-order chi connectivity index (χ0) is 13.7. The van der Waals surface area contributed by atoms with Gasteiger partial charge in [0.15, 0.2) is 0 Å². The van der Waals surface area contributed by atoms with E-state index in [1.165, 1.54) is 19.2 Å². The Balaban J connectivity index is 3.05. The second-order valence-corrected chi connectivity index (χ2v) is 4.61. The average molecular weight is 253 g/mol. The lowest BCUT2D eigenvalue weighted by molar-refractivity contribution is -0.148. The van der Waals surface area contributed by atoms with Gasteiger partial charge in [-0.3, -0.25) is 4.79 Å². The summed E-state index contributed by atoms with van der Waals surface area (Å²) in [5.41, 5.74) is 0.878. The molecule has 0 saturated heterocycles. The molecule has 18 heavy (non-hydrogen) atoms. The van der Waals surface area contributed by atoms with Gasteiger partial charge in [0.25, 0.3) is 0 Å². The molecule has 0 spiro atoms. The molecule has 1 N–H and O–H groups in total. The highest BCUT2D eigenvalue weighted by atomic mass is 19.1. The summed E-state index contributed by atoms with van der Waals surface area (Å²) >= 11 is 0. The second kappa shape index (κ2) is 6.50. The number of rotatable bonds is 5. The number of hydrogen-bond donors (Lipinski definition) is 1.